The average molecular weight is 501 g/mol. The van der Waals surface area contributed by atoms with Crippen molar-refractivity contribution in [3.8, 4) is 0 Å². The molecule has 8 nitrogen and oxygen atoms in total. The summed E-state index contributed by atoms with van der Waals surface area (Å²) in [5.41, 5.74) is 1.06. The third-order valence-corrected chi connectivity index (χ3v) is 5.71. The highest BCUT2D eigenvalue weighted by molar-refractivity contribution is 7.59. The summed E-state index contributed by atoms with van der Waals surface area (Å²) in [5, 5.41) is 8.40. The minimum absolute atomic E-state index is 0. The monoisotopic (exact) mass is 500 g/mol. The number of nitrogens with zero attached hydrogens (tertiary/aromatic N) is 3. The Hall–Kier alpha value is -3.02. The van der Waals surface area contributed by atoms with Crippen molar-refractivity contribution in [1.82, 2.24) is 9.97 Å². The Kier molecular flexibility index (Phi) is 9.33. The van der Waals surface area contributed by atoms with Gasteiger partial charge in [0.2, 0.25) is 17.8 Å². The lowest BCUT2D eigenvalue weighted by molar-refractivity contribution is -0.122. The van der Waals surface area contributed by atoms with Crippen molar-refractivity contribution >= 4 is 48.5 Å². The first-order valence-electron chi connectivity index (χ1n) is 9.78. The Morgan fingerprint density at radius 3 is 2.32 bits per heavy atom. The normalized spacial score (nSPS) is 20.4. The van der Waals surface area contributed by atoms with Crippen LogP contribution in [0, 0.1) is 30.3 Å². The van der Waals surface area contributed by atoms with E-state index in [1.165, 1.54) is 0 Å². The number of carbonyl (C=O) groups is 2. The number of rotatable bonds is 4. The van der Waals surface area contributed by atoms with Crippen LogP contribution in [0.2, 0.25) is 0 Å². The van der Waals surface area contributed by atoms with Gasteiger partial charge in [-0.1, -0.05) is 14.9 Å². The molecule has 4 rings (SSSR count). The average Bonchev–Trinajstić information content (AvgIpc) is 2.67. The fourth-order valence-electron chi connectivity index (χ4n) is 3.62. The zero-order valence-corrected chi connectivity index (χ0v) is 18.6. The standard InChI is InChI=1S/C20H21F3N6O2.2CH4.H2S/c1-8-16-17(29(3)9(2)18(30)27-16)28-20(24-8)26-11-4-10(5-11)19(31)25-12-6-13(21)15(23)14(22)7-12;;;/h6-7,9-11H,4-5H2,1-3H3,(H,25,31)(H,27,30)(H,24,26,28);2*1H4;1H2/t9-,10?,11?;;;/m0.../s1. The van der Waals surface area contributed by atoms with Crippen LogP contribution in [-0.2, 0) is 9.59 Å². The Morgan fingerprint density at radius 1 is 1.15 bits per heavy atom. The fourth-order valence-corrected chi connectivity index (χ4v) is 3.62. The third-order valence-electron chi connectivity index (χ3n) is 5.71. The summed E-state index contributed by atoms with van der Waals surface area (Å²) < 4.78 is 39.6. The van der Waals surface area contributed by atoms with Gasteiger partial charge in [0, 0.05) is 36.8 Å². The van der Waals surface area contributed by atoms with Gasteiger partial charge in [0.25, 0.3) is 0 Å². The second kappa shape index (κ2) is 10.9. The number of amides is 2. The molecule has 1 aliphatic carbocycles. The second-order valence-electron chi connectivity index (χ2n) is 7.86. The number of fused-ring (bicyclic) bond motifs is 1. The summed E-state index contributed by atoms with van der Waals surface area (Å²) >= 11 is 0. The number of aromatic nitrogens is 2. The van der Waals surface area contributed by atoms with E-state index in [1.54, 1.807) is 25.8 Å². The van der Waals surface area contributed by atoms with Crippen LogP contribution in [0.25, 0.3) is 0 Å². The van der Waals surface area contributed by atoms with Crippen molar-refractivity contribution in [3.63, 3.8) is 0 Å². The van der Waals surface area contributed by atoms with E-state index < -0.39 is 23.4 Å². The molecule has 1 aromatic carbocycles. The van der Waals surface area contributed by atoms with E-state index >= 15 is 0 Å². The van der Waals surface area contributed by atoms with Gasteiger partial charge in [0.15, 0.2) is 23.3 Å². The van der Waals surface area contributed by atoms with Crippen molar-refractivity contribution in [1.29, 1.82) is 0 Å². The maximum atomic E-state index is 13.3. The van der Waals surface area contributed by atoms with Gasteiger partial charge in [-0.05, 0) is 26.7 Å². The number of likely N-dealkylation sites (N-methyl/N-ethyl adjacent to an activating group) is 1. The lowest BCUT2D eigenvalue weighted by Crippen LogP contribution is -2.45. The molecule has 1 saturated carbocycles. The molecule has 0 unspecified atom stereocenters. The van der Waals surface area contributed by atoms with Crippen LogP contribution in [0.4, 0.5) is 36.3 Å². The van der Waals surface area contributed by atoms with Gasteiger partial charge in [-0.2, -0.15) is 18.5 Å². The molecule has 0 bridgehead atoms. The van der Waals surface area contributed by atoms with Crippen LogP contribution >= 0.6 is 13.5 Å². The second-order valence-corrected chi connectivity index (χ2v) is 7.86. The van der Waals surface area contributed by atoms with Crippen LogP contribution in [0.1, 0.15) is 40.3 Å². The molecule has 1 fully saturated rings. The Balaban J connectivity index is 0.00000193. The first-order valence-corrected chi connectivity index (χ1v) is 9.78. The number of benzene rings is 1. The van der Waals surface area contributed by atoms with Gasteiger partial charge in [0.1, 0.15) is 11.7 Å². The Labute approximate surface area is 204 Å². The summed E-state index contributed by atoms with van der Waals surface area (Å²) in [6, 6.07) is 1.05. The van der Waals surface area contributed by atoms with Crippen molar-refractivity contribution < 1.29 is 22.8 Å². The first kappa shape index (κ1) is 29.0. The molecule has 1 aliphatic heterocycles. The van der Waals surface area contributed by atoms with E-state index in [9.17, 15) is 22.8 Å². The molecule has 2 aromatic rings. The lowest BCUT2D eigenvalue weighted by atomic mass is 9.79. The maximum Gasteiger partial charge on any atom is 0.246 e. The molecule has 1 aromatic heterocycles. The van der Waals surface area contributed by atoms with E-state index in [4.69, 9.17) is 0 Å². The van der Waals surface area contributed by atoms with Gasteiger partial charge >= 0.3 is 0 Å². The Bertz CT molecular complexity index is 1060. The van der Waals surface area contributed by atoms with Crippen LogP contribution in [0.15, 0.2) is 12.1 Å². The molecular weight excluding hydrogens is 469 g/mol. The Morgan fingerprint density at radius 2 is 1.74 bits per heavy atom. The van der Waals surface area contributed by atoms with Crippen LogP contribution in [0.3, 0.4) is 0 Å². The number of carbonyl (C=O) groups excluding carboxylic acids is 2. The fraction of sp³-hybridized carbons (Fsp3) is 0.455. The van der Waals surface area contributed by atoms with Crippen molar-refractivity contribution in [3.05, 3.63) is 35.3 Å². The molecule has 3 N–H and O–H groups in total. The molecule has 2 amide bonds. The third kappa shape index (κ3) is 5.37. The molecule has 1 atom stereocenters. The zero-order valence-electron chi connectivity index (χ0n) is 17.6. The summed E-state index contributed by atoms with van der Waals surface area (Å²) in [6.07, 6.45) is 0.945. The van der Waals surface area contributed by atoms with Crippen molar-refractivity contribution in [2.75, 3.05) is 27.9 Å². The van der Waals surface area contributed by atoms with E-state index in [1.807, 2.05) is 0 Å². The highest BCUT2D eigenvalue weighted by Gasteiger charge is 2.36. The molecule has 34 heavy (non-hydrogen) atoms. The molecule has 0 saturated heterocycles. The van der Waals surface area contributed by atoms with Crippen LogP contribution in [-0.4, -0.2) is 40.9 Å². The van der Waals surface area contributed by atoms with Gasteiger partial charge < -0.3 is 20.9 Å². The molecule has 0 radical (unpaired) electrons. The van der Waals surface area contributed by atoms with Gasteiger partial charge in [-0.25, -0.2) is 18.2 Å². The van der Waals surface area contributed by atoms with Gasteiger partial charge in [-0.3, -0.25) is 9.59 Å². The quantitative estimate of drug-likeness (QED) is 0.545. The number of halogens is 3. The largest absolute Gasteiger partial charge is 0.351 e. The van der Waals surface area contributed by atoms with E-state index in [2.05, 4.69) is 25.9 Å². The van der Waals surface area contributed by atoms with Crippen LogP contribution < -0.4 is 20.9 Å². The van der Waals surface area contributed by atoms with Crippen molar-refractivity contribution in [2.24, 2.45) is 5.92 Å². The predicted octanol–water partition coefficient (Wildman–Crippen LogP) is 4.19. The molecule has 12 heteroatoms. The van der Waals surface area contributed by atoms with E-state index in [0.29, 0.717) is 36.0 Å². The highest BCUT2D eigenvalue weighted by atomic mass is 32.1. The van der Waals surface area contributed by atoms with E-state index in [0.717, 1.165) is 12.1 Å². The summed E-state index contributed by atoms with van der Waals surface area (Å²) in [5.74, 6) is -4.20. The number of anilines is 4. The molecule has 2 heterocycles. The minimum Gasteiger partial charge on any atom is -0.351 e. The maximum absolute atomic E-state index is 13.3. The van der Waals surface area contributed by atoms with E-state index in [-0.39, 0.29) is 57.9 Å². The number of nitrogens with one attached hydrogen (secondary N) is 3. The lowest BCUT2D eigenvalue weighted by Gasteiger charge is -2.36. The number of hydrogen-bond donors (Lipinski definition) is 3. The summed E-state index contributed by atoms with van der Waals surface area (Å²) in [4.78, 5) is 35.0. The first-order chi connectivity index (χ1) is 14.6. The summed E-state index contributed by atoms with van der Waals surface area (Å²) in [6.45, 7) is 3.55. The molecule has 2 aliphatic rings. The SMILES string of the molecule is C.C.Cc1nc(NC2CC(C(=O)Nc3cc(F)c(F)c(F)c3)C2)nc2c1NC(=O)[C@H](C)N2C.S. The number of hydrogen-bond acceptors (Lipinski definition) is 6. The van der Waals surface area contributed by atoms with Crippen molar-refractivity contribution in [2.45, 2.75) is 53.6 Å². The molecular formula is C22H31F3N6O2S. The highest BCUT2D eigenvalue weighted by Crippen LogP contribution is 2.35. The zero-order chi connectivity index (χ0) is 22.4. The molecule has 188 valence electrons. The van der Waals surface area contributed by atoms with Crippen LogP contribution in [0.5, 0.6) is 0 Å². The molecule has 0 spiro atoms. The topological polar surface area (TPSA) is 99.2 Å². The number of aryl methyl sites for hydroxylation is 1. The smallest absolute Gasteiger partial charge is 0.246 e. The summed E-state index contributed by atoms with van der Waals surface area (Å²) in [7, 11) is 1.78. The predicted molar refractivity (Wildman–Crippen MR) is 132 cm³/mol. The van der Waals surface area contributed by atoms with Gasteiger partial charge in [-0.15, -0.1) is 0 Å². The van der Waals surface area contributed by atoms with Gasteiger partial charge in [0.05, 0.1) is 5.69 Å². The minimum atomic E-state index is -1.58.